The molecule has 138 valence electrons. The number of benzene rings is 1. The highest BCUT2D eigenvalue weighted by Crippen LogP contribution is 2.30. The van der Waals surface area contributed by atoms with E-state index in [1.165, 1.54) is 0 Å². The van der Waals surface area contributed by atoms with Crippen LogP contribution in [0.2, 0.25) is 0 Å². The van der Waals surface area contributed by atoms with Crippen LogP contribution in [0.3, 0.4) is 0 Å². The van der Waals surface area contributed by atoms with Crippen molar-refractivity contribution in [2.75, 3.05) is 40.5 Å². The number of fused-ring (bicyclic) bond motifs is 4. The number of furan rings is 1. The summed E-state index contributed by atoms with van der Waals surface area (Å²) in [6, 6.07) is 5.39. The molecule has 2 bridgehead atoms. The molecule has 2 aromatic rings. The fraction of sp³-hybridized carbons (Fsp3) is 0.474. The van der Waals surface area contributed by atoms with Crippen LogP contribution in [0, 0.1) is 12.8 Å². The smallest absolute Gasteiger partial charge is 0.289 e. The number of rotatable bonds is 2. The van der Waals surface area contributed by atoms with E-state index in [4.69, 9.17) is 13.9 Å². The van der Waals surface area contributed by atoms with Crippen LogP contribution < -0.4 is 4.74 Å². The predicted octanol–water partition coefficient (Wildman–Crippen LogP) is 1.68. The minimum absolute atomic E-state index is 0.0360. The molecule has 0 saturated carbocycles. The zero-order chi connectivity index (χ0) is 18.4. The zero-order valence-electron chi connectivity index (χ0n) is 15.2. The third-order valence-corrected chi connectivity index (χ3v) is 5.37. The van der Waals surface area contributed by atoms with Crippen LogP contribution in [0.1, 0.15) is 16.1 Å². The molecule has 0 aliphatic carbocycles. The number of nitrogens with zero attached hydrogens (tertiary/aromatic N) is 2. The molecule has 26 heavy (non-hydrogen) atoms. The first-order valence-corrected chi connectivity index (χ1v) is 8.70. The number of likely N-dealkylation sites (N-methyl/N-ethyl adjacent to an activating group) is 1. The number of methoxy groups -OCH3 is 1. The van der Waals surface area contributed by atoms with Crippen LogP contribution >= 0.6 is 0 Å². The van der Waals surface area contributed by atoms with Crippen LogP contribution in [-0.2, 0) is 9.53 Å². The minimum atomic E-state index is -0.332. The molecule has 0 radical (unpaired) electrons. The Labute approximate surface area is 151 Å². The molecule has 0 spiro atoms. The number of carbonyl (C=O) groups excluding carboxylic acids is 2. The Balaban J connectivity index is 1.68. The maximum Gasteiger partial charge on any atom is 0.289 e. The summed E-state index contributed by atoms with van der Waals surface area (Å²) in [5, 5.41) is 0.890. The second-order valence-electron chi connectivity index (χ2n) is 6.97. The van der Waals surface area contributed by atoms with Gasteiger partial charge in [0.2, 0.25) is 5.91 Å². The molecule has 3 heterocycles. The van der Waals surface area contributed by atoms with Crippen LogP contribution in [0.5, 0.6) is 5.75 Å². The van der Waals surface area contributed by atoms with Gasteiger partial charge in [0.15, 0.2) is 5.76 Å². The van der Waals surface area contributed by atoms with E-state index in [0.717, 1.165) is 10.9 Å². The van der Waals surface area contributed by atoms with Crippen molar-refractivity contribution >= 4 is 22.8 Å². The summed E-state index contributed by atoms with van der Waals surface area (Å²) in [5.41, 5.74) is 1.43. The van der Waals surface area contributed by atoms with Gasteiger partial charge in [-0.1, -0.05) is 0 Å². The van der Waals surface area contributed by atoms with Gasteiger partial charge in [0.1, 0.15) is 11.3 Å². The summed E-state index contributed by atoms with van der Waals surface area (Å²) in [6.45, 7) is 3.46. The van der Waals surface area contributed by atoms with E-state index >= 15 is 0 Å². The molecule has 7 nitrogen and oxygen atoms in total. The van der Waals surface area contributed by atoms with Crippen molar-refractivity contribution in [1.82, 2.24) is 9.80 Å². The molecule has 1 aromatic heterocycles. The molecule has 2 aliphatic heterocycles. The standard InChI is InChI=1S/C19H22N2O5/c1-11-15-5-4-14(24-3)6-16(15)26-17(11)19(23)21-7-12-9-25-10-13(8-21)20(2)18(12)22/h4-6,12-13H,7-10H2,1-3H3/t12-,13+/m1/s1. The van der Waals surface area contributed by atoms with E-state index in [0.29, 0.717) is 43.4 Å². The highest BCUT2D eigenvalue weighted by Gasteiger charge is 2.39. The number of hydrogen-bond acceptors (Lipinski definition) is 5. The third kappa shape index (κ3) is 2.63. The van der Waals surface area contributed by atoms with Gasteiger partial charge in [-0.2, -0.15) is 0 Å². The van der Waals surface area contributed by atoms with Crippen LogP contribution in [0.4, 0.5) is 0 Å². The first kappa shape index (κ1) is 16.9. The fourth-order valence-corrected chi connectivity index (χ4v) is 3.74. The Morgan fingerprint density at radius 2 is 2.08 bits per heavy atom. The average Bonchev–Trinajstić information content (AvgIpc) is 2.83. The summed E-state index contributed by atoms with van der Waals surface area (Å²) in [7, 11) is 3.37. The summed E-state index contributed by atoms with van der Waals surface area (Å²) in [6.07, 6.45) is 0. The summed E-state index contributed by atoms with van der Waals surface area (Å²) in [4.78, 5) is 29.1. The molecule has 2 saturated heterocycles. The molecule has 4 rings (SSSR count). The van der Waals surface area contributed by atoms with E-state index in [-0.39, 0.29) is 23.8 Å². The van der Waals surface area contributed by atoms with E-state index in [9.17, 15) is 9.59 Å². The van der Waals surface area contributed by atoms with Gasteiger partial charge in [0.05, 0.1) is 32.3 Å². The molecule has 2 amide bonds. The van der Waals surface area contributed by atoms with Crippen molar-refractivity contribution in [3.05, 3.63) is 29.5 Å². The van der Waals surface area contributed by atoms with Gasteiger partial charge < -0.3 is 23.7 Å². The molecule has 2 atom stereocenters. The Hall–Kier alpha value is -2.54. The lowest BCUT2D eigenvalue weighted by molar-refractivity contribution is -0.133. The predicted molar refractivity (Wildman–Crippen MR) is 94.3 cm³/mol. The Kier molecular flexibility index (Phi) is 4.11. The summed E-state index contributed by atoms with van der Waals surface area (Å²) >= 11 is 0. The van der Waals surface area contributed by atoms with Crippen LogP contribution in [0.15, 0.2) is 22.6 Å². The molecule has 1 aromatic carbocycles. The Morgan fingerprint density at radius 3 is 2.85 bits per heavy atom. The van der Waals surface area contributed by atoms with Crippen molar-refractivity contribution in [3.8, 4) is 5.75 Å². The maximum absolute atomic E-state index is 13.2. The fourth-order valence-electron chi connectivity index (χ4n) is 3.74. The molecule has 7 heteroatoms. The first-order valence-electron chi connectivity index (χ1n) is 8.70. The van der Waals surface area contributed by atoms with Gasteiger partial charge in [-0.15, -0.1) is 0 Å². The quantitative estimate of drug-likeness (QED) is 0.817. The molecule has 2 fully saturated rings. The summed E-state index contributed by atoms with van der Waals surface area (Å²) in [5.74, 6) is 0.524. The van der Waals surface area contributed by atoms with Crippen molar-refractivity contribution in [1.29, 1.82) is 0 Å². The normalized spacial score (nSPS) is 23.3. The molecular weight excluding hydrogens is 336 g/mol. The van der Waals surface area contributed by atoms with Crippen molar-refractivity contribution in [2.45, 2.75) is 13.0 Å². The second-order valence-corrected chi connectivity index (χ2v) is 6.97. The Bertz CT molecular complexity index is 874. The number of hydrogen-bond donors (Lipinski definition) is 0. The van der Waals surface area contributed by atoms with Gasteiger partial charge in [0.25, 0.3) is 5.91 Å². The van der Waals surface area contributed by atoms with Gasteiger partial charge in [0, 0.05) is 37.2 Å². The monoisotopic (exact) mass is 358 g/mol. The van der Waals surface area contributed by atoms with E-state index in [1.807, 2.05) is 19.1 Å². The van der Waals surface area contributed by atoms with E-state index < -0.39 is 0 Å². The van der Waals surface area contributed by atoms with Gasteiger partial charge in [-0.25, -0.2) is 0 Å². The highest BCUT2D eigenvalue weighted by molar-refractivity contribution is 5.99. The first-order chi connectivity index (χ1) is 12.5. The van der Waals surface area contributed by atoms with Crippen LogP contribution in [0.25, 0.3) is 11.0 Å². The zero-order valence-corrected chi connectivity index (χ0v) is 15.2. The number of ether oxygens (including phenoxy) is 2. The van der Waals surface area contributed by atoms with E-state index in [1.54, 1.807) is 30.0 Å². The van der Waals surface area contributed by atoms with Crippen molar-refractivity contribution in [2.24, 2.45) is 5.92 Å². The van der Waals surface area contributed by atoms with Crippen LogP contribution in [-0.4, -0.2) is 68.1 Å². The largest absolute Gasteiger partial charge is 0.497 e. The van der Waals surface area contributed by atoms with Gasteiger partial charge in [-0.05, 0) is 19.1 Å². The molecule has 0 N–H and O–H groups in total. The van der Waals surface area contributed by atoms with Gasteiger partial charge in [-0.3, -0.25) is 9.59 Å². The third-order valence-electron chi connectivity index (χ3n) is 5.37. The second kappa shape index (κ2) is 6.32. The number of carbonyl (C=O) groups is 2. The molecule has 0 unspecified atom stereocenters. The number of aryl methyl sites for hydroxylation is 1. The minimum Gasteiger partial charge on any atom is -0.497 e. The lowest BCUT2D eigenvalue weighted by Crippen LogP contribution is -2.45. The number of amides is 2. The lowest BCUT2D eigenvalue weighted by atomic mass is 10.1. The molecule has 2 aliphatic rings. The average molecular weight is 358 g/mol. The maximum atomic E-state index is 13.2. The lowest BCUT2D eigenvalue weighted by Gasteiger charge is -2.28. The van der Waals surface area contributed by atoms with Crippen molar-refractivity contribution < 1.29 is 23.5 Å². The van der Waals surface area contributed by atoms with Gasteiger partial charge >= 0.3 is 0 Å². The SMILES string of the molecule is COc1ccc2c(C)c(C(=O)N3C[C@@H]4COC[C@H](C3)N(C)C4=O)oc2c1. The topological polar surface area (TPSA) is 72.2 Å². The van der Waals surface area contributed by atoms with E-state index in [2.05, 4.69) is 0 Å². The molecular formula is C19H22N2O5. The Morgan fingerprint density at radius 1 is 1.27 bits per heavy atom. The van der Waals surface area contributed by atoms with Crippen molar-refractivity contribution in [3.63, 3.8) is 0 Å². The highest BCUT2D eigenvalue weighted by atomic mass is 16.5. The summed E-state index contributed by atoms with van der Waals surface area (Å²) < 4.78 is 16.7.